The molecule has 16 heavy (non-hydrogen) atoms. The topological polar surface area (TPSA) is 27.0 Å². The van der Waals surface area contributed by atoms with E-state index in [2.05, 4.69) is 17.9 Å². The largest absolute Gasteiger partial charge is 0.324 e. The highest BCUT2D eigenvalue weighted by Gasteiger charge is 2.28. The van der Waals surface area contributed by atoms with E-state index in [1.807, 2.05) is 24.5 Å². The molecule has 0 saturated heterocycles. The molecule has 1 heterocycles. The monoisotopic (exact) mass is 248 g/mol. The minimum atomic E-state index is 0.392. The number of thiocarbonyl (C=S) groups is 1. The number of hydrogen-bond acceptors (Lipinski definition) is 3. The first-order valence-electron chi connectivity index (χ1n) is 5.07. The van der Waals surface area contributed by atoms with Crippen molar-refractivity contribution in [2.75, 3.05) is 11.2 Å². The third kappa shape index (κ3) is 1.81. The maximum Gasteiger partial charge on any atom is 0.140 e. The van der Waals surface area contributed by atoms with E-state index < -0.39 is 0 Å². The van der Waals surface area contributed by atoms with E-state index in [9.17, 15) is 0 Å². The Hall–Kier alpha value is -1.05. The Morgan fingerprint density at radius 2 is 2.38 bits per heavy atom. The van der Waals surface area contributed by atoms with E-state index in [1.54, 1.807) is 11.8 Å². The zero-order valence-electron chi connectivity index (χ0n) is 9.23. The molecule has 1 atom stereocenters. The van der Waals surface area contributed by atoms with Gasteiger partial charge in [0.1, 0.15) is 4.32 Å². The quantitative estimate of drug-likeness (QED) is 0.660. The van der Waals surface area contributed by atoms with Crippen LogP contribution in [0.15, 0.2) is 18.2 Å². The van der Waals surface area contributed by atoms with Crippen LogP contribution in [0.2, 0.25) is 0 Å². The highest BCUT2D eigenvalue weighted by atomic mass is 32.2. The van der Waals surface area contributed by atoms with Gasteiger partial charge < -0.3 is 4.90 Å². The molecule has 0 fully saturated rings. The predicted molar refractivity (Wildman–Crippen MR) is 72.9 cm³/mol. The smallest absolute Gasteiger partial charge is 0.140 e. The summed E-state index contributed by atoms with van der Waals surface area (Å²) in [5, 5.41) is 8.86. The maximum atomic E-state index is 8.86. The van der Waals surface area contributed by atoms with Crippen molar-refractivity contribution >= 4 is 34.0 Å². The van der Waals surface area contributed by atoms with Gasteiger partial charge in [-0.05, 0) is 43.4 Å². The standard InChI is InChI=1S/C12H12N2S2/c1-8-5-10-6-9(7-13)3-4-11(10)14(8)12(15)16-2/h3-4,6,8H,5H2,1-2H3. The van der Waals surface area contributed by atoms with Crippen molar-refractivity contribution in [3.05, 3.63) is 29.3 Å². The van der Waals surface area contributed by atoms with E-state index in [4.69, 9.17) is 17.5 Å². The van der Waals surface area contributed by atoms with Crippen molar-refractivity contribution in [3.8, 4) is 6.07 Å². The van der Waals surface area contributed by atoms with Crippen LogP contribution in [0.5, 0.6) is 0 Å². The number of rotatable bonds is 0. The fraction of sp³-hybridized carbons (Fsp3) is 0.333. The SMILES string of the molecule is CSC(=S)N1c2ccc(C#N)cc2CC1C. The first-order valence-corrected chi connectivity index (χ1v) is 6.71. The van der Waals surface area contributed by atoms with Crippen LogP contribution in [0.4, 0.5) is 5.69 Å². The molecule has 82 valence electrons. The average molecular weight is 248 g/mol. The van der Waals surface area contributed by atoms with Crippen LogP contribution in [-0.2, 0) is 6.42 Å². The van der Waals surface area contributed by atoms with Gasteiger partial charge in [-0.2, -0.15) is 5.26 Å². The Balaban J connectivity index is 2.43. The number of fused-ring (bicyclic) bond motifs is 1. The Morgan fingerprint density at radius 3 is 3.00 bits per heavy atom. The van der Waals surface area contributed by atoms with Gasteiger partial charge in [-0.15, -0.1) is 11.8 Å². The minimum Gasteiger partial charge on any atom is -0.324 e. The summed E-state index contributed by atoms with van der Waals surface area (Å²) in [6.07, 6.45) is 2.96. The molecule has 0 spiro atoms. The van der Waals surface area contributed by atoms with Crippen LogP contribution in [0.25, 0.3) is 0 Å². The highest BCUT2D eigenvalue weighted by molar-refractivity contribution is 8.22. The Morgan fingerprint density at radius 1 is 1.62 bits per heavy atom. The van der Waals surface area contributed by atoms with Crippen molar-refractivity contribution < 1.29 is 0 Å². The molecular formula is C12H12N2S2. The molecule has 0 radical (unpaired) electrons. The molecule has 0 N–H and O–H groups in total. The summed E-state index contributed by atoms with van der Waals surface area (Å²) in [4.78, 5) is 2.18. The molecule has 0 aromatic heterocycles. The lowest BCUT2D eigenvalue weighted by Gasteiger charge is -2.23. The molecule has 1 unspecified atom stereocenters. The predicted octanol–water partition coefficient (Wildman–Crippen LogP) is 2.96. The van der Waals surface area contributed by atoms with Crippen molar-refractivity contribution in [1.29, 1.82) is 5.26 Å². The summed E-state index contributed by atoms with van der Waals surface area (Å²) in [5.74, 6) is 0. The molecule has 0 bridgehead atoms. The first-order chi connectivity index (χ1) is 7.67. The number of nitrogens with zero attached hydrogens (tertiary/aromatic N) is 2. The summed E-state index contributed by atoms with van der Waals surface area (Å²) in [7, 11) is 0. The zero-order chi connectivity index (χ0) is 11.7. The Labute approximate surface area is 105 Å². The van der Waals surface area contributed by atoms with Crippen LogP contribution in [0.1, 0.15) is 18.1 Å². The summed E-state index contributed by atoms with van der Waals surface area (Å²) < 4.78 is 0.899. The molecule has 1 aromatic carbocycles. The van der Waals surface area contributed by atoms with Crippen molar-refractivity contribution in [3.63, 3.8) is 0 Å². The van der Waals surface area contributed by atoms with Crippen molar-refractivity contribution in [2.45, 2.75) is 19.4 Å². The van der Waals surface area contributed by atoms with Gasteiger partial charge in [0.2, 0.25) is 0 Å². The van der Waals surface area contributed by atoms with E-state index >= 15 is 0 Å². The minimum absolute atomic E-state index is 0.392. The molecule has 2 rings (SSSR count). The molecule has 0 aliphatic carbocycles. The van der Waals surface area contributed by atoms with E-state index in [0.29, 0.717) is 6.04 Å². The second-order valence-corrected chi connectivity index (χ2v) is 5.29. The summed E-state index contributed by atoms with van der Waals surface area (Å²) in [6.45, 7) is 2.16. The molecule has 1 aromatic rings. The number of nitriles is 1. The van der Waals surface area contributed by atoms with Gasteiger partial charge in [-0.1, -0.05) is 12.2 Å². The van der Waals surface area contributed by atoms with Gasteiger partial charge >= 0.3 is 0 Å². The normalized spacial score (nSPS) is 18.1. The fourth-order valence-corrected chi connectivity index (χ4v) is 2.83. The van der Waals surface area contributed by atoms with Crippen LogP contribution in [-0.4, -0.2) is 16.6 Å². The van der Waals surface area contributed by atoms with Gasteiger partial charge in [0, 0.05) is 11.7 Å². The molecule has 0 amide bonds. The number of thioether (sulfide) groups is 1. The van der Waals surface area contributed by atoms with E-state index in [-0.39, 0.29) is 0 Å². The molecule has 1 aliphatic heterocycles. The Bertz CT molecular complexity index is 476. The fourth-order valence-electron chi connectivity index (χ4n) is 2.08. The molecular weight excluding hydrogens is 236 g/mol. The summed E-state index contributed by atoms with van der Waals surface area (Å²) >= 11 is 6.95. The van der Waals surface area contributed by atoms with Crippen molar-refractivity contribution in [2.24, 2.45) is 0 Å². The van der Waals surface area contributed by atoms with Gasteiger partial charge in [0.15, 0.2) is 0 Å². The zero-order valence-corrected chi connectivity index (χ0v) is 10.9. The molecule has 2 nitrogen and oxygen atoms in total. The van der Waals surface area contributed by atoms with Gasteiger partial charge in [0.05, 0.1) is 11.6 Å². The van der Waals surface area contributed by atoms with Gasteiger partial charge in [-0.25, -0.2) is 0 Å². The lowest BCUT2D eigenvalue weighted by atomic mass is 10.1. The summed E-state index contributed by atoms with van der Waals surface area (Å²) in [5.41, 5.74) is 3.11. The second-order valence-electron chi connectivity index (χ2n) is 3.85. The van der Waals surface area contributed by atoms with Crippen molar-refractivity contribution in [1.82, 2.24) is 0 Å². The maximum absolute atomic E-state index is 8.86. The Kier molecular flexibility index (Phi) is 3.17. The highest BCUT2D eigenvalue weighted by Crippen LogP contribution is 2.34. The first kappa shape index (κ1) is 11.4. The molecule has 4 heteroatoms. The van der Waals surface area contributed by atoms with Crippen LogP contribution >= 0.6 is 24.0 Å². The van der Waals surface area contributed by atoms with Crippen LogP contribution < -0.4 is 4.90 Å². The van der Waals surface area contributed by atoms with E-state index in [0.717, 1.165) is 22.0 Å². The van der Waals surface area contributed by atoms with E-state index in [1.165, 1.54) is 5.56 Å². The number of hydrogen-bond donors (Lipinski definition) is 0. The molecule has 0 saturated carbocycles. The third-order valence-corrected chi connectivity index (χ3v) is 4.04. The molecule has 1 aliphatic rings. The van der Waals surface area contributed by atoms with Crippen LogP contribution in [0, 0.1) is 11.3 Å². The van der Waals surface area contributed by atoms with Gasteiger partial charge in [-0.3, -0.25) is 0 Å². The number of anilines is 1. The summed E-state index contributed by atoms with van der Waals surface area (Å²) in [6, 6.07) is 8.39. The average Bonchev–Trinajstić information content (AvgIpc) is 2.62. The van der Waals surface area contributed by atoms with Crippen LogP contribution in [0.3, 0.4) is 0 Å². The lowest BCUT2D eigenvalue weighted by molar-refractivity contribution is 0.780. The van der Waals surface area contributed by atoms with Gasteiger partial charge in [0.25, 0.3) is 0 Å². The second kappa shape index (κ2) is 4.44. The third-order valence-electron chi connectivity index (χ3n) is 2.80. The lowest BCUT2D eigenvalue weighted by Crippen LogP contribution is -2.32. The number of benzene rings is 1.